The van der Waals surface area contributed by atoms with E-state index in [-0.39, 0.29) is 11.8 Å². The lowest BCUT2D eigenvalue weighted by molar-refractivity contribution is -0.119. The minimum atomic E-state index is 0.0678. The summed E-state index contributed by atoms with van der Waals surface area (Å²) in [6.45, 7) is 1.92. The van der Waals surface area contributed by atoms with Gasteiger partial charge in [-0.3, -0.25) is 9.69 Å². The number of nitrogens with one attached hydrogen (secondary N) is 1. The van der Waals surface area contributed by atoms with Crippen molar-refractivity contribution in [3.63, 3.8) is 0 Å². The molecule has 25 heavy (non-hydrogen) atoms. The molecule has 2 aromatic rings. The molecule has 7 heteroatoms. The summed E-state index contributed by atoms with van der Waals surface area (Å²) in [6, 6.07) is 2.44. The number of aromatic nitrogens is 4. The quantitative estimate of drug-likeness (QED) is 0.924. The van der Waals surface area contributed by atoms with E-state index in [1.807, 2.05) is 0 Å². The zero-order chi connectivity index (χ0) is 17.1. The second-order valence-corrected chi connectivity index (χ2v) is 6.98. The first-order chi connectivity index (χ1) is 12.3. The van der Waals surface area contributed by atoms with Crippen molar-refractivity contribution in [2.75, 3.05) is 18.4 Å². The largest absolute Gasteiger partial charge is 0.323 e. The van der Waals surface area contributed by atoms with Crippen LogP contribution in [0.2, 0.25) is 0 Å². The molecule has 0 bridgehead atoms. The Kier molecular flexibility index (Phi) is 4.74. The summed E-state index contributed by atoms with van der Waals surface area (Å²) in [7, 11) is 0. The predicted molar refractivity (Wildman–Crippen MR) is 94.3 cm³/mol. The molecule has 1 N–H and O–H groups in total. The fraction of sp³-hybridized carbons (Fsp3) is 0.556. The van der Waals surface area contributed by atoms with Crippen LogP contribution < -0.4 is 5.32 Å². The zero-order valence-electron chi connectivity index (χ0n) is 14.3. The van der Waals surface area contributed by atoms with Crippen LogP contribution in [0.3, 0.4) is 0 Å². The Bertz CT molecular complexity index is 709. The van der Waals surface area contributed by atoms with Crippen molar-refractivity contribution >= 4 is 11.6 Å². The summed E-state index contributed by atoms with van der Waals surface area (Å²) in [5.41, 5.74) is 0.688. The van der Waals surface area contributed by atoms with Gasteiger partial charge in [-0.05, 0) is 31.9 Å². The Morgan fingerprint density at radius 1 is 1.12 bits per heavy atom. The zero-order valence-corrected chi connectivity index (χ0v) is 14.3. The van der Waals surface area contributed by atoms with Crippen LogP contribution in [0.15, 0.2) is 30.9 Å². The Morgan fingerprint density at radius 2 is 1.92 bits per heavy atom. The molecule has 1 unspecified atom stereocenters. The molecule has 2 aliphatic rings. The van der Waals surface area contributed by atoms with E-state index in [4.69, 9.17) is 0 Å². The second kappa shape index (κ2) is 7.31. The highest BCUT2D eigenvalue weighted by Gasteiger charge is 2.32. The third-order valence-corrected chi connectivity index (χ3v) is 5.29. The van der Waals surface area contributed by atoms with Crippen molar-refractivity contribution in [3.8, 4) is 5.95 Å². The molecule has 4 rings (SSSR count). The van der Waals surface area contributed by atoms with Gasteiger partial charge >= 0.3 is 0 Å². The monoisotopic (exact) mass is 340 g/mol. The van der Waals surface area contributed by atoms with E-state index in [0.29, 0.717) is 17.7 Å². The summed E-state index contributed by atoms with van der Waals surface area (Å²) in [5, 5.41) is 7.21. The first-order valence-electron chi connectivity index (χ1n) is 9.16. The third-order valence-electron chi connectivity index (χ3n) is 5.29. The van der Waals surface area contributed by atoms with E-state index in [1.165, 1.54) is 32.1 Å². The van der Waals surface area contributed by atoms with E-state index in [2.05, 4.69) is 25.3 Å². The van der Waals surface area contributed by atoms with Crippen LogP contribution in [0.4, 0.5) is 5.69 Å². The van der Waals surface area contributed by atoms with Crippen molar-refractivity contribution in [3.05, 3.63) is 30.9 Å². The summed E-state index contributed by atoms with van der Waals surface area (Å²) >= 11 is 0. The van der Waals surface area contributed by atoms with Gasteiger partial charge in [0.1, 0.15) is 0 Å². The molecule has 0 spiro atoms. The van der Waals surface area contributed by atoms with Crippen LogP contribution in [-0.4, -0.2) is 49.7 Å². The van der Waals surface area contributed by atoms with Gasteiger partial charge in [0.25, 0.3) is 0 Å². The van der Waals surface area contributed by atoms with Crippen LogP contribution in [0, 0.1) is 5.92 Å². The maximum absolute atomic E-state index is 12.6. The van der Waals surface area contributed by atoms with Crippen molar-refractivity contribution < 1.29 is 4.79 Å². The third kappa shape index (κ3) is 3.71. The fourth-order valence-electron chi connectivity index (χ4n) is 3.93. The van der Waals surface area contributed by atoms with Crippen LogP contribution in [0.1, 0.15) is 38.5 Å². The highest BCUT2D eigenvalue weighted by atomic mass is 16.2. The van der Waals surface area contributed by atoms with Gasteiger partial charge in [0.05, 0.1) is 24.0 Å². The molecule has 1 aliphatic carbocycles. The SMILES string of the molecule is O=C(Nc1cnn(-c2ncccn2)c1)C1CCN(C2CCCCC2)C1. The second-order valence-electron chi connectivity index (χ2n) is 6.98. The Hall–Kier alpha value is -2.28. The van der Waals surface area contributed by atoms with Gasteiger partial charge < -0.3 is 5.32 Å². The van der Waals surface area contributed by atoms with E-state index >= 15 is 0 Å². The lowest BCUT2D eigenvalue weighted by Gasteiger charge is -2.30. The van der Waals surface area contributed by atoms with Crippen LogP contribution in [-0.2, 0) is 4.79 Å². The molecule has 1 saturated heterocycles. The molecule has 1 amide bonds. The summed E-state index contributed by atoms with van der Waals surface area (Å²) in [6.07, 6.45) is 14.3. The number of carbonyl (C=O) groups is 1. The summed E-state index contributed by atoms with van der Waals surface area (Å²) < 4.78 is 1.57. The van der Waals surface area contributed by atoms with Gasteiger partial charge in [-0.2, -0.15) is 5.10 Å². The molecule has 2 aromatic heterocycles. The fourth-order valence-corrected chi connectivity index (χ4v) is 3.93. The van der Waals surface area contributed by atoms with Crippen LogP contribution in [0.5, 0.6) is 0 Å². The first kappa shape index (κ1) is 16.2. The highest BCUT2D eigenvalue weighted by molar-refractivity contribution is 5.92. The van der Waals surface area contributed by atoms with Gasteiger partial charge in [0.15, 0.2) is 0 Å². The van der Waals surface area contributed by atoms with E-state index in [9.17, 15) is 4.79 Å². The van der Waals surface area contributed by atoms with E-state index in [0.717, 1.165) is 19.5 Å². The van der Waals surface area contributed by atoms with Crippen LogP contribution in [0.25, 0.3) is 5.95 Å². The molecule has 2 fully saturated rings. The standard InChI is InChI=1S/C18H24N6O/c25-17(14-7-10-23(12-14)16-5-2-1-3-6-16)22-15-11-21-24(13-15)18-19-8-4-9-20-18/h4,8-9,11,13-14,16H,1-3,5-7,10,12H2,(H,22,25). The number of likely N-dealkylation sites (tertiary alicyclic amines) is 1. The average molecular weight is 340 g/mol. The molecular formula is C18H24N6O. The van der Waals surface area contributed by atoms with Gasteiger partial charge in [0, 0.05) is 25.0 Å². The van der Waals surface area contributed by atoms with Crippen LogP contribution >= 0.6 is 0 Å². The molecule has 132 valence electrons. The summed E-state index contributed by atoms with van der Waals surface area (Å²) in [4.78, 5) is 23.4. The Balaban J connectivity index is 1.34. The normalized spacial score (nSPS) is 22.2. The van der Waals surface area contributed by atoms with Crippen molar-refractivity contribution in [1.29, 1.82) is 0 Å². The highest BCUT2D eigenvalue weighted by Crippen LogP contribution is 2.28. The minimum absolute atomic E-state index is 0.0678. The molecule has 0 aromatic carbocycles. The molecule has 1 atom stereocenters. The van der Waals surface area contributed by atoms with Gasteiger partial charge in [0.2, 0.25) is 11.9 Å². The van der Waals surface area contributed by atoms with Gasteiger partial charge in [-0.25, -0.2) is 14.6 Å². The smallest absolute Gasteiger partial charge is 0.250 e. The Morgan fingerprint density at radius 3 is 2.72 bits per heavy atom. The molecule has 7 nitrogen and oxygen atoms in total. The molecule has 0 radical (unpaired) electrons. The van der Waals surface area contributed by atoms with Crippen molar-refractivity contribution in [2.45, 2.75) is 44.6 Å². The number of hydrogen-bond donors (Lipinski definition) is 1. The molecule has 1 aliphatic heterocycles. The van der Waals surface area contributed by atoms with Crippen molar-refractivity contribution in [1.82, 2.24) is 24.6 Å². The molecular weight excluding hydrogens is 316 g/mol. The molecule has 3 heterocycles. The van der Waals surface area contributed by atoms with Gasteiger partial charge in [-0.15, -0.1) is 0 Å². The lowest BCUT2D eigenvalue weighted by atomic mass is 9.94. The lowest BCUT2D eigenvalue weighted by Crippen LogP contribution is -2.36. The maximum Gasteiger partial charge on any atom is 0.250 e. The predicted octanol–water partition coefficient (Wildman–Crippen LogP) is 2.26. The minimum Gasteiger partial charge on any atom is -0.323 e. The number of amides is 1. The topological polar surface area (TPSA) is 75.9 Å². The van der Waals surface area contributed by atoms with E-state index < -0.39 is 0 Å². The van der Waals surface area contributed by atoms with Gasteiger partial charge in [-0.1, -0.05) is 19.3 Å². The van der Waals surface area contributed by atoms with Crippen molar-refractivity contribution in [2.24, 2.45) is 5.92 Å². The number of hydrogen-bond acceptors (Lipinski definition) is 5. The number of rotatable bonds is 4. The number of nitrogens with zero attached hydrogens (tertiary/aromatic N) is 5. The summed E-state index contributed by atoms with van der Waals surface area (Å²) in [5.74, 6) is 0.650. The number of anilines is 1. The Labute approximate surface area is 147 Å². The average Bonchev–Trinajstić information content (AvgIpc) is 3.33. The van der Waals surface area contributed by atoms with E-state index in [1.54, 1.807) is 35.5 Å². The maximum atomic E-state index is 12.6. The molecule has 1 saturated carbocycles. The first-order valence-corrected chi connectivity index (χ1v) is 9.16. The number of carbonyl (C=O) groups excluding carboxylic acids is 1.